The summed E-state index contributed by atoms with van der Waals surface area (Å²) in [5, 5.41) is 0.772. The minimum atomic E-state index is -0.984. The molecule has 0 aliphatic carbocycles. The molecule has 92 valence electrons. The summed E-state index contributed by atoms with van der Waals surface area (Å²) in [7, 11) is -0.984. The number of hydrogen-bond acceptors (Lipinski definition) is 1. The fourth-order valence-electron chi connectivity index (χ4n) is 1.26. The van der Waals surface area contributed by atoms with E-state index in [1.54, 1.807) is 0 Å². The molecule has 0 saturated carbocycles. The van der Waals surface area contributed by atoms with Crippen molar-refractivity contribution in [1.29, 1.82) is 0 Å². The van der Waals surface area contributed by atoms with Gasteiger partial charge in [0, 0.05) is 26.6 Å². The smallest absolute Gasteiger partial charge is 0.122 e. The zero-order chi connectivity index (χ0) is 12.3. The maximum atomic E-state index is 6.07. The first kappa shape index (κ1) is 14.3. The van der Waals surface area contributed by atoms with Gasteiger partial charge in [-0.3, -0.25) is 0 Å². The number of aromatic nitrogens is 1. The summed E-state index contributed by atoms with van der Waals surface area (Å²) in [5.74, 6) is 0. The first-order valence-electron chi connectivity index (χ1n) is 5.40. The molecule has 1 aromatic rings. The molecular weight excluding hydrogens is 306 g/mol. The molecular formula is C11H19BrClNOSi. The van der Waals surface area contributed by atoms with Crippen molar-refractivity contribution in [3.05, 3.63) is 21.4 Å². The van der Waals surface area contributed by atoms with E-state index < -0.39 is 8.07 Å². The van der Waals surface area contributed by atoms with Gasteiger partial charge < -0.3 is 9.30 Å². The molecule has 1 rings (SSSR count). The van der Waals surface area contributed by atoms with Gasteiger partial charge in [-0.2, -0.15) is 0 Å². The highest BCUT2D eigenvalue weighted by atomic mass is 79.9. The van der Waals surface area contributed by atoms with Crippen molar-refractivity contribution in [2.45, 2.75) is 39.3 Å². The lowest BCUT2D eigenvalue weighted by Gasteiger charge is -2.15. The molecule has 0 aromatic carbocycles. The second-order valence-corrected chi connectivity index (χ2v) is 12.0. The van der Waals surface area contributed by atoms with E-state index >= 15 is 0 Å². The predicted molar refractivity (Wildman–Crippen MR) is 76.0 cm³/mol. The van der Waals surface area contributed by atoms with Crippen LogP contribution < -0.4 is 0 Å². The second-order valence-electron chi connectivity index (χ2n) is 5.19. The first-order chi connectivity index (χ1) is 7.31. The molecule has 0 aliphatic rings. The average Bonchev–Trinajstić information content (AvgIpc) is 2.40. The summed E-state index contributed by atoms with van der Waals surface area (Å²) >= 11 is 9.47. The highest BCUT2D eigenvalue weighted by Gasteiger charge is 2.12. The standard InChI is InChI=1S/C11H19BrClNOSi/c1-9-11(13)10(12)7-14(9)8-15-5-6-16(2,3)4/h7H,5-6,8H2,1-4H3. The number of rotatable bonds is 5. The molecule has 0 unspecified atom stereocenters. The Morgan fingerprint density at radius 2 is 2.06 bits per heavy atom. The van der Waals surface area contributed by atoms with Crippen molar-refractivity contribution in [3.8, 4) is 0 Å². The summed E-state index contributed by atoms with van der Waals surface area (Å²) in [6, 6.07) is 1.20. The largest absolute Gasteiger partial charge is 0.361 e. The molecule has 0 amide bonds. The van der Waals surface area contributed by atoms with Gasteiger partial charge in [-0.25, -0.2) is 0 Å². The van der Waals surface area contributed by atoms with Gasteiger partial charge in [-0.15, -0.1) is 0 Å². The van der Waals surface area contributed by atoms with E-state index in [2.05, 4.69) is 35.6 Å². The van der Waals surface area contributed by atoms with Crippen LogP contribution in [-0.4, -0.2) is 19.2 Å². The number of hydrogen-bond donors (Lipinski definition) is 0. The fourth-order valence-corrected chi connectivity index (χ4v) is 2.71. The quantitative estimate of drug-likeness (QED) is 0.573. The summed E-state index contributed by atoms with van der Waals surface area (Å²) < 4.78 is 8.62. The van der Waals surface area contributed by atoms with Crippen molar-refractivity contribution >= 4 is 35.6 Å². The van der Waals surface area contributed by atoms with Crippen LogP contribution in [0.5, 0.6) is 0 Å². The average molecular weight is 325 g/mol. The van der Waals surface area contributed by atoms with Crippen molar-refractivity contribution in [1.82, 2.24) is 4.57 Å². The van der Waals surface area contributed by atoms with Crippen molar-refractivity contribution in [2.24, 2.45) is 0 Å². The van der Waals surface area contributed by atoms with Crippen LogP contribution in [0.4, 0.5) is 0 Å². The molecule has 0 bridgehead atoms. The Balaban J connectivity index is 2.41. The van der Waals surface area contributed by atoms with Gasteiger partial charge in [-0.1, -0.05) is 31.2 Å². The molecule has 0 radical (unpaired) electrons. The van der Waals surface area contributed by atoms with E-state index in [0.717, 1.165) is 21.8 Å². The van der Waals surface area contributed by atoms with Crippen LogP contribution in [0.2, 0.25) is 30.7 Å². The van der Waals surface area contributed by atoms with Gasteiger partial charge in [0.2, 0.25) is 0 Å². The Kier molecular flexibility index (Phi) is 5.10. The number of ether oxygens (including phenoxy) is 1. The van der Waals surface area contributed by atoms with Crippen molar-refractivity contribution < 1.29 is 4.74 Å². The SMILES string of the molecule is Cc1c(Cl)c(Br)cn1COCC[Si](C)(C)C. The molecule has 16 heavy (non-hydrogen) atoms. The molecule has 1 heterocycles. The Labute approximate surface area is 112 Å². The fraction of sp³-hybridized carbons (Fsp3) is 0.636. The molecule has 1 aromatic heterocycles. The van der Waals surface area contributed by atoms with E-state index in [9.17, 15) is 0 Å². The van der Waals surface area contributed by atoms with Crippen molar-refractivity contribution in [2.75, 3.05) is 6.61 Å². The van der Waals surface area contributed by atoms with Crippen LogP contribution in [0.3, 0.4) is 0 Å². The number of halogens is 2. The molecule has 0 atom stereocenters. The highest BCUT2D eigenvalue weighted by molar-refractivity contribution is 9.10. The van der Waals surface area contributed by atoms with Crippen LogP contribution in [0.15, 0.2) is 10.7 Å². The third kappa shape index (κ3) is 4.24. The molecule has 0 spiro atoms. The molecule has 0 aliphatic heterocycles. The third-order valence-corrected chi connectivity index (χ3v) is 5.46. The van der Waals surface area contributed by atoms with E-state index in [-0.39, 0.29) is 0 Å². The van der Waals surface area contributed by atoms with Gasteiger partial charge in [0.05, 0.1) is 9.50 Å². The van der Waals surface area contributed by atoms with Gasteiger partial charge in [0.15, 0.2) is 0 Å². The minimum absolute atomic E-state index is 0.585. The summed E-state index contributed by atoms with van der Waals surface area (Å²) in [6.45, 7) is 10.5. The van der Waals surface area contributed by atoms with Crippen LogP contribution in [0, 0.1) is 6.92 Å². The van der Waals surface area contributed by atoms with Gasteiger partial charge >= 0.3 is 0 Å². The summed E-state index contributed by atoms with van der Waals surface area (Å²) in [4.78, 5) is 0. The lowest BCUT2D eigenvalue weighted by molar-refractivity contribution is 0.0861. The molecule has 0 N–H and O–H groups in total. The molecule has 0 fully saturated rings. The van der Waals surface area contributed by atoms with Crippen LogP contribution in [0.25, 0.3) is 0 Å². The van der Waals surface area contributed by atoms with Crippen molar-refractivity contribution in [3.63, 3.8) is 0 Å². The van der Waals surface area contributed by atoms with E-state index in [1.165, 1.54) is 6.04 Å². The highest BCUT2D eigenvalue weighted by Crippen LogP contribution is 2.27. The third-order valence-electron chi connectivity index (χ3n) is 2.45. The monoisotopic (exact) mass is 323 g/mol. The Bertz CT molecular complexity index is 360. The predicted octanol–water partition coefficient (Wildman–Crippen LogP) is 4.52. The zero-order valence-corrected chi connectivity index (χ0v) is 13.7. The Hall–Kier alpha value is 0.227. The van der Waals surface area contributed by atoms with Gasteiger partial charge in [-0.05, 0) is 28.9 Å². The molecule has 0 saturated heterocycles. The summed E-state index contributed by atoms with van der Waals surface area (Å²) in [6.07, 6.45) is 1.96. The van der Waals surface area contributed by atoms with Crippen LogP contribution in [-0.2, 0) is 11.5 Å². The topological polar surface area (TPSA) is 14.2 Å². The minimum Gasteiger partial charge on any atom is -0.361 e. The Morgan fingerprint density at radius 3 is 2.50 bits per heavy atom. The maximum Gasteiger partial charge on any atom is 0.122 e. The summed E-state index contributed by atoms with van der Waals surface area (Å²) in [5.41, 5.74) is 1.04. The van der Waals surface area contributed by atoms with Gasteiger partial charge in [0.25, 0.3) is 0 Å². The zero-order valence-electron chi connectivity index (χ0n) is 10.3. The first-order valence-corrected chi connectivity index (χ1v) is 10.3. The van der Waals surface area contributed by atoms with Gasteiger partial charge in [0.1, 0.15) is 6.73 Å². The van der Waals surface area contributed by atoms with E-state index in [1.807, 2.05) is 17.7 Å². The lowest BCUT2D eigenvalue weighted by Crippen LogP contribution is -2.22. The molecule has 5 heteroatoms. The maximum absolute atomic E-state index is 6.07. The van der Waals surface area contributed by atoms with Crippen LogP contribution >= 0.6 is 27.5 Å². The Morgan fingerprint density at radius 1 is 1.44 bits per heavy atom. The van der Waals surface area contributed by atoms with E-state index in [4.69, 9.17) is 16.3 Å². The van der Waals surface area contributed by atoms with Crippen LogP contribution in [0.1, 0.15) is 5.69 Å². The normalized spacial score (nSPS) is 12.1. The molecule has 2 nitrogen and oxygen atoms in total. The second kappa shape index (κ2) is 5.71. The van der Waals surface area contributed by atoms with E-state index in [0.29, 0.717) is 6.73 Å². The number of nitrogens with zero attached hydrogens (tertiary/aromatic N) is 1. The lowest BCUT2D eigenvalue weighted by atomic mass is 10.5.